The first kappa shape index (κ1) is 17.7. The molecule has 0 amide bonds. The summed E-state index contributed by atoms with van der Waals surface area (Å²) in [7, 11) is 0. The normalized spacial score (nSPS) is 15.2. The summed E-state index contributed by atoms with van der Waals surface area (Å²) in [6.07, 6.45) is -4.37. The van der Waals surface area contributed by atoms with Crippen molar-refractivity contribution in [2.24, 2.45) is 0 Å². The van der Waals surface area contributed by atoms with E-state index in [4.69, 9.17) is 0 Å². The molecule has 0 spiro atoms. The summed E-state index contributed by atoms with van der Waals surface area (Å²) < 4.78 is 36.9. The summed E-state index contributed by atoms with van der Waals surface area (Å²) in [4.78, 5) is 1.25. The van der Waals surface area contributed by atoms with Crippen LogP contribution in [-0.4, -0.2) is 54.0 Å². The minimum absolute atomic E-state index is 0.0381. The maximum Gasteiger partial charge on any atom is 0.401 e. The van der Waals surface area contributed by atoms with Gasteiger partial charge in [-0.2, -0.15) is 13.2 Å². The molecule has 0 heterocycles. The summed E-state index contributed by atoms with van der Waals surface area (Å²) >= 11 is 0. The predicted molar refractivity (Wildman–Crippen MR) is 66.5 cm³/mol. The minimum atomic E-state index is -4.22. The summed E-state index contributed by atoms with van der Waals surface area (Å²) in [6.45, 7) is 7.36. The van der Waals surface area contributed by atoms with Crippen LogP contribution in [0.1, 0.15) is 34.1 Å². The lowest BCUT2D eigenvalue weighted by Crippen LogP contribution is -2.46. The standard InChI is InChI=1S/C12H25F3N2O/c1-5-6-17(9-12(13,14)15)8-10(18)7-16-11(2,3)4/h10,16,18H,5-9H2,1-4H3. The van der Waals surface area contributed by atoms with E-state index in [0.29, 0.717) is 19.5 Å². The Labute approximate surface area is 107 Å². The van der Waals surface area contributed by atoms with E-state index in [9.17, 15) is 18.3 Å². The Balaban J connectivity index is 4.15. The van der Waals surface area contributed by atoms with Crippen molar-refractivity contribution >= 4 is 0 Å². The second-order valence-electron chi connectivity index (χ2n) is 5.64. The minimum Gasteiger partial charge on any atom is -0.390 e. The van der Waals surface area contributed by atoms with Crippen LogP contribution in [0.4, 0.5) is 13.2 Å². The fourth-order valence-corrected chi connectivity index (χ4v) is 1.59. The van der Waals surface area contributed by atoms with Crippen molar-refractivity contribution in [1.29, 1.82) is 0 Å². The fraction of sp³-hybridized carbons (Fsp3) is 1.00. The molecule has 18 heavy (non-hydrogen) atoms. The molecule has 0 rings (SSSR count). The van der Waals surface area contributed by atoms with Crippen LogP contribution in [0.15, 0.2) is 0 Å². The number of nitrogens with one attached hydrogen (secondary N) is 1. The van der Waals surface area contributed by atoms with Gasteiger partial charge in [-0.3, -0.25) is 4.90 Å². The van der Waals surface area contributed by atoms with Gasteiger partial charge in [-0.05, 0) is 33.7 Å². The summed E-state index contributed by atoms with van der Waals surface area (Å²) in [5.74, 6) is 0. The number of β-amino-alcohol motifs (C(OH)–C–C–N with tert-alkyl or cyclic N) is 1. The van der Waals surface area contributed by atoms with Gasteiger partial charge >= 0.3 is 6.18 Å². The van der Waals surface area contributed by atoms with Crippen molar-refractivity contribution in [2.75, 3.05) is 26.2 Å². The van der Waals surface area contributed by atoms with E-state index >= 15 is 0 Å². The second kappa shape index (κ2) is 7.31. The number of alkyl halides is 3. The highest BCUT2D eigenvalue weighted by Crippen LogP contribution is 2.16. The lowest BCUT2D eigenvalue weighted by Gasteiger charge is -2.28. The third-order valence-corrected chi connectivity index (χ3v) is 2.28. The Morgan fingerprint density at radius 3 is 2.17 bits per heavy atom. The average molecular weight is 270 g/mol. The summed E-state index contributed by atoms with van der Waals surface area (Å²) in [5, 5.41) is 12.8. The topological polar surface area (TPSA) is 35.5 Å². The van der Waals surface area contributed by atoms with Crippen molar-refractivity contribution in [2.45, 2.75) is 51.9 Å². The Bertz CT molecular complexity index is 226. The molecule has 0 aliphatic carbocycles. The van der Waals surface area contributed by atoms with Gasteiger partial charge in [0.05, 0.1) is 12.6 Å². The third kappa shape index (κ3) is 10.8. The molecule has 0 aromatic rings. The van der Waals surface area contributed by atoms with Gasteiger partial charge in [0.2, 0.25) is 0 Å². The Kier molecular flexibility index (Phi) is 7.17. The van der Waals surface area contributed by atoms with Crippen LogP contribution >= 0.6 is 0 Å². The van der Waals surface area contributed by atoms with Gasteiger partial charge in [-0.25, -0.2) is 0 Å². The molecular formula is C12H25F3N2O. The molecule has 1 unspecified atom stereocenters. The van der Waals surface area contributed by atoms with Crippen molar-refractivity contribution < 1.29 is 18.3 Å². The number of halogens is 3. The van der Waals surface area contributed by atoms with E-state index in [2.05, 4.69) is 5.32 Å². The molecule has 110 valence electrons. The lowest BCUT2D eigenvalue weighted by atomic mass is 10.1. The zero-order valence-corrected chi connectivity index (χ0v) is 11.6. The van der Waals surface area contributed by atoms with Crippen molar-refractivity contribution in [1.82, 2.24) is 10.2 Å². The fourth-order valence-electron chi connectivity index (χ4n) is 1.59. The van der Waals surface area contributed by atoms with Gasteiger partial charge < -0.3 is 10.4 Å². The number of hydrogen-bond acceptors (Lipinski definition) is 3. The van der Waals surface area contributed by atoms with Crippen molar-refractivity contribution in [3.63, 3.8) is 0 Å². The molecule has 0 saturated carbocycles. The Hall–Kier alpha value is -0.330. The molecule has 0 bridgehead atoms. The highest BCUT2D eigenvalue weighted by atomic mass is 19.4. The van der Waals surface area contributed by atoms with Crippen molar-refractivity contribution in [3.05, 3.63) is 0 Å². The molecule has 3 nitrogen and oxygen atoms in total. The van der Waals surface area contributed by atoms with Gasteiger partial charge in [-0.15, -0.1) is 0 Å². The molecular weight excluding hydrogens is 245 g/mol. The molecule has 0 aliphatic heterocycles. The van der Waals surface area contributed by atoms with E-state index in [0.717, 1.165) is 0 Å². The van der Waals surface area contributed by atoms with Crippen LogP contribution in [0.5, 0.6) is 0 Å². The van der Waals surface area contributed by atoms with E-state index in [1.54, 1.807) is 0 Å². The SMILES string of the molecule is CCCN(CC(O)CNC(C)(C)C)CC(F)(F)F. The largest absolute Gasteiger partial charge is 0.401 e. The van der Waals surface area contributed by atoms with E-state index < -0.39 is 18.8 Å². The molecule has 0 radical (unpaired) electrons. The first-order valence-electron chi connectivity index (χ1n) is 6.25. The second-order valence-corrected chi connectivity index (χ2v) is 5.64. The third-order valence-electron chi connectivity index (χ3n) is 2.28. The van der Waals surface area contributed by atoms with E-state index in [1.807, 2.05) is 27.7 Å². The van der Waals surface area contributed by atoms with Crippen LogP contribution in [0, 0.1) is 0 Å². The quantitative estimate of drug-likeness (QED) is 0.743. The molecule has 2 N–H and O–H groups in total. The van der Waals surface area contributed by atoms with E-state index in [-0.39, 0.29) is 12.1 Å². The molecule has 0 fully saturated rings. The van der Waals surface area contributed by atoms with Crippen molar-refractivity contribution in [3.8, 4) is 0 Å². The molecule has 0 saturated heterocycles. The molecule has 0 aromatic heterocycles. The molecule has 1 atom stereocenters. The summed E-state index contributed by atoms with van der Waals surface area (Å²) in [5.41, 5.74) is -0.152. The number of nitrogens with zero attached hydrogens (tertiary/aromatic N) is 1. The lowest BCUT2D eigenvalue weighted by molar-refractivity contribution is -0.148. The smallest absolute Gasteiger partial charge is 0.390 e. The zero-order valence-electron chi connectivity index (χ0n) is 11.6. The number of rotatable bonds is 7. The van der Waals surface area contributed by atoms with Crippen LogP contribution in [0.3, 0.4) is 0 Å². The van der Waals surface area contributed by atoms with Gasteiger partial charge in [0.25, 0.3) is 0 Å². The first-order chi connectivity index (χ1) is 8.03. The van der Waals surface area contributed by atoms with Crippen LogP contribution in [0.25, 0.3) is 0 Å². The van der Waals surface area contributed by atoms with E-state index in [1.165, 1.54) is 4.90 Å². The number of aliphatic hydroxyl groups is 1. The highest BCUT2D eigenvalue weighted by Gasteiger charge is 2.31. The molecule has 0 aliphatic rings. The van der Waals surface area contributed by atoms with Gasteiger partial charge in [0, 0.05) is 18.6 Å². The Morgan fingerprint density at radius 2 is 1.78 bits per heavy atom. The molecule has 0 aromatic carbocycles. The highest BCUT2D eigenvalue weighted by molar-refractivity contribution is 4.75. The number of aliphatic hydroxyl groups excluding tert-OH is 1. The zero-order chi connectivity index (χ0) is 14.4. The maximum absolute atomic E-state index is 12.3. The predicted octanol–water partition coefficient (Wildman–Crippen LogP) is 2.01. The first-order valence-corrected chi connectivity index (χ1v) is 6.25. The summed E-state index contributed by atoms with van der Waals surface area (Å²) in [6, 6.07) is 0. The molecule has 6 heteroatoms. The van der Waals surface area contributed by atoms with Gasteiger partial charge in [0.1, 0.15) is 0 Å². The van der Waals surface area contributed by atoms with Crippen LogP contribution < -0.4 is 5.32 Å². The van der Waals surface area contributed by atoms with Gasteiger partial charge in [0.15, 0.2) is 0 Å². The monoisotopic (exact) mass is 270 g/mol. The maximum atomic E-state index is 12.3. The van der Waals surface area contributed by atoms with Crippen LogP contribution in [-0.2, 0) is 0 Å². The Morgan fingerprint density at radius 1 is 1.22 bits per heavy atom. The average Bonchev–Trinajstić information content (AvgIpc) is 2.11. The van der Waals surface area contributed by atoms with Crippen LogP contribution in [0.2, 0.25) is 0 Å². The van der Waals surface area contributed by atoms with Gasteiger partial charge in [-0.1, -0.05) is 6.92 Å². The number of hydrogen-bond donors (Lipinski definition) is 2.